The first-order chi connectivity index (χ1) is 9.93. The third-order valence-corrected chi connectivity index (χ3v) is 2.87. The summed E-state index contributed by atoms with van der Waals surface area (Å²) in [4.78, 5) is 8.02. The van der Waals surface area contributed by atoms with E-state index in [2.05, 4.69) is 15.0 Å². The van der Waals surface area contributed by atoms with Gasteiger partial charge in [0.25, 0.3) is 0 Å². The number of halogens is 1. The first-order valence-electron chi connectivity index (χ1n) is 6.52. The first-order valence-corrected chi connectivity index (χ1v) is 6.52. The Balaban J connectivity index is 2.50. The van der Waals surface area contributed by atoms with Crippen LogP contribution in [0.4, 0.5) is 4.53 Å². The number of nitrogens with zero attached hydrogens (tertiary/aromatic N) is 4. The average Bonchev–Trinajstić information content (AvgIpc) is 2.92. The minimum absolute atomic E-state index is 0.0970. The summed E-state index contributed by atoms with van der Waals surface area (Å²) in [7, 11) is 1.72. The molecule has 0 spiro atoms. The van der Waals surface area contributed by atoms with Crippen molar-refractivity contribution in [3.05, 3.63) is 24.2 Å². The molecule has 0 fully saturated rings. The lowest BCUT2D eigenvalue weighted by Crippen LogP contribution is -2.23. The molecule has 0 bridgehead atoms. The van der Waals surface area contributed by atoms with Crippen molar-refractivity contribution in [3.63, 3.8) is 0 Å². The third-order valence-electron chi connectivity index (χ3n) is 2.87. The van der Waals surface area contributed by atoms with Crippen LogP contribution in [0.25, 0.3) is 11.3 Å². The minimum atomic E-state index is -0.830. The van der Waals surface area contributed by atoms with Crippen LogP contribution >= 0.6 is 0 Å². The molecule has 0 saturated carbocycles. The summed E-state index contributed by atoms with van der Waals surface area (Å²) in [6.45, 7) is 5.27. The summed E-state index contributed by atoms with van der Waals surface area (Å²) in [5, 5.41) is 12.1. The van der Waals surface area contributed by atoms with Gasteiger partial charge in [-0.05, 0) is 25.3 Å². The van der Waals surface area contributed by atoms with E-state index in [0.29, 0.717) is 17.0 Å². The molecule has 0 aliphatic rings. The van der Waals surface area contributed by atoms with E-state index in [1.165, 1.54) is 24.1 Å². The third kappa shape index (κ3) is 3.10. The van der Waals surface area contributed by atoms with Crippen molar-refractivity contribution in [2.75, 3.05) is 0 Å². The van der Waals surface area contributed by atoms with Crippen molar-refractivity contribution < 1.29 is 14.2 Å². The quantitative estimate of drug-likeness (QED) is 0.914. The van der Waals surface area contributed by atoms with Gasteiger partial charge >= 0.3 is 0 Å². The Kier molecular flexibility index (Phi) is 4.37. The zero-order valence-corrected chi connectivity index (χ0v) is 12.4. The lowest BCUT2D eigenvalue weighted by molar-refractivity contribution is -0.204. The van der Waals surface area contributed by atoms with Crippen molar-refractivity contribution in [3.8, 4) is 17.0 Å². The van der Waals surface area contributed by atoms with E-state index in [9.17, 15) is 4.53 Å². The predicted molar refractivity (Wildman–Crippen MR) is 73.0 cm³/mol. The van der Waals surface area contributed by atoms with E-state index in [1.807, 2.05) is 13.8 Å². The van der Waals surface area contributed by atoms with Crippen molar-refractivity contribution in [2.45, 2.75) is 33.1 Å². The number of hydrogen-bond donors (Lipinski definition) is 1. The fourth-order valence-electron chi connectivity index (χ4n) is 1.79. The molecule has 0 aromatic carbocycles. The molecule has 21 heavy (non-hydrogen) atoms. The molecule has 0 amide bonds. The van der Waals surface area contributed by atoms with Crippen LogP contribution in [0.3, 0.4) is 0 Å². The molecule has 2 aromatic heterocycles. The van der Waals surface area contributed by atoms with Crippen LogP contribution in [-0.4, -0.2) is 25.4 Å². The molecule has 8 heteroatoms. The fourth-order valence-corrected chi connectivity index (χ4v) is 1.79. The van der Waals surface area contributed by atoms with Gasteiger partial charge in [-0.1, -0.05) is 0 Å². The smallest absolute Gasteiger partial charge is 0.188 e. The summed E-state index contributed by atoms with van der Waals surface area (Å²) >= 11 is 0. The highest BCUT2D eigenvalue weighted by Gasteiger charge is 2.16. The molecular weight excluding hydrogens is 277 g/mol. The Morgan fingerprint density at radius 1 is 1.33 bits per heavy atom. The number of nitrogens with one attached hydrogen (secondary N) is 1. The van der Waals surface area contributed by atoms with Gasteiger partial charge < -0.3 is 9.30 Å². The van der Waals surface area contributed by atoms with E-state index in [1.54, 1.807) is 17.8 Å². The fraction of sp³-hybridized carbons (Fsp3) is 0.462. The van der Waals surface area contributed by atoms with Crippen LogP contribution in [0, 0.1) is 5.41 Å². The highest BCUT2D eigenvalue weighted by molar-refractivity contribution is 5.63. The van der Waals surface area contributed by atoms with E-state index in [-0.39, 0.29) is 11.6 Å². The summed E-state index contributed by atoms with van der Waals surface area (Å²) in [5.74, 6) is 0.364. The Morgan fingerprint density at radius 3 is 2.67 bits per heavy atom. The van der Waals surface area contributed by atoms with Crippen molar-refractivity contribution in [2.24, 2.45) is 7.05 Å². The number of hydrogen-bond acceptors (Lipinski definition) is 5. The second-order valence-electron chi connectivity index (χ2n) is 4.95. The van der Waals surface area contributed by atoms with Gasteiger partial charge in [0.2, 0.25) is 0 Å². The summed E-state index contributed by atoms with van der Waals surface area (Å²) in [6, 6.07) is 0. The van der Waals surface area contributed by atoms with Crippen LogP contribution in [0.2, 0.25) is 0 Å². The molecule has 0 aliphatic heterocycles. The zero-order chi connectivity index (χ0) is 15.6. The number of rotatable bonds is 5. The average molecular weight is 295 g/mol. The van der Waals surface area contributed by atoms with E-state index in [0.717, 1.165) is 0 Å². The monoisotopic (exact) mass is 295 g/mol. The van der Waals surface area contributed by atoms with Gasteiger partial charge in [0.1, 0.15) is 5.69 Å². The van der Waals surface area contributed by atoms with Gasteiger partial charge in [-0.25, -0.2) is 9.67 Å². The van der Waals surface area contributed by atoms with Gasteiger partial charge in [-0.2, -0.15) is 10.0 Å². The molecule has 1 unspecified atom stereocenters. The first kappa shape index (κ1) is 15.2. The topological polar surface area (TPSA) is 78.0 Å². The minimum Gasteiger partial charge on any atom is -0.485 e. The van der Waals surface area contributed by atoms with Gasteiger partial charge in [0, 0.05) is 18.8 Å². The number of ether oxygens (including phenoxy) is 1. The van der Waals surface area contributed by atoms with Crippen molar-refractivity contribution >= 4 is 0 Å². The second-order valence-corrected chi connectivity index (χ2v) is 4.95. The number of aromatic nitrogens is 4. The lowest BCUT2D eigenvalue weighted by Gasteiger charge is -2.14. The van der Waals surface area contributed by atoms with E-state index in [4.69, 9.17) is 10.1 Å². The van der Waals surface area contributed by atoms with Crippen LogP contribution in [0.1, 0.15) is 27.0 Å². The summed E-state index contributed by atoms with van der Waals surface area (Å²) < 4.78 is 20.8. The highest BCUT2D eigenvalue weighted by Crippen LogP contribution is 2.25. The SMILES string of the molecule is CC(C)Oc1c(-c2cnn(C(C)OF)c2)ncn(C)c1=N. The Hall–Kier alpha value is -2.22. The molecule has 7 nitrogen and oxygen atoms in total. The van der Waals surface area contributed by atoms with Crippen molar-refractivity contribution in [1.29, 1.82) is 5.41 Å². The molecule has 1 N–H and O–H groups in total. The van der Waals surface area contributed by atoms with Gasteiger partial charge in [0.15, 0.2) is 17.5 Å². The van der Waals surface area contributed by atoms with Crippen LogP contribution < -0.4 is 10.2 Å². The summed E-state index contributed by atoms with van der Waals surface area (Å²) in [6.07, 6.45) is 3.73. The largest absolute Gasteiger partial charge is 0.485 e. The van der Waals surface area contributed by atoms with Gasteiger partial charge in [-0.15, -0.1) is 0 Å². The predicted octanol–water partition coefficient (Wildman–Crippen LogP) is 1.97. The molecule has 0 saturated heterocycles. The molecule has 2 rings (SSSR count). The Bertz CT molecular complexity index is 679. The summed E-state index contributed by atoms with van der Waals surface area (Å²) in [5.41, 5.74) is 1.32. The molecular formula is C13H18FN5O2. The van der Waals surface area contributed by atoms with Crippen LogP contribution in [0.5, 0.6) is 5.75 Å². The lowest BCUT2D eigenvalue weighted by atomic mass is 10.2. The molecule has 2 aromatic rings. The second kappa shape index (κ2) is 6.04. The Labute approximate surface area is 121 Å². The zero-order valence-electron chi connectivity index (χ0n) is 12.4. The maximum atomic E-state index is 12.2. The number of aryl methyl sites for hydroxylation is 1. The molecule has 0 radical (unpaired) electrons. The van der Waals surface area contributed by atoms with Crippen LogP contribution in [-0.2, 0) is 12.0 Å². The highest BCUT2D eigenvalue weighted by atomic mass is 19.3. The van der Waals surface area contributed by atoms with E-state index < -0.39 is 6.23 Å². The molecule has 114 valence electrons. The van der Waals surface area contributed by atoms with Crippen molar-refractivity contribution in [1.82, 2.24) is 19.3 Å². The normalized spacial score (nSPS) is 12.7. The molecule has 2 heterocycles. The maximum Gasteiger partial charge on any atom is 0.188 e. The maximum absolute atomic E-state index is 12.2. The van der Waals surface area contributed by atoms with E-state index >= 15 is 0 Å². The van der Waals surface area contributed by atoms with Crippen LogP contribution in [0.15, 0.2) is 18.7 Å². The molecule has 1 atom stereocenters. The van der Waals surface area contributed by atoms with Gasteiger partial charge in [-0.3, -0.25) is 5.41 Å². The Morgan fingerprint density at radius 2 is 2.05 bits per heavy atom. The standard InChI is InChI=1S/C13H18FN5O2/c1-8(2)20-12-11(16-7-18(4)13(12)15)10-5-17-19(6-10)9(3)21-14/h5-9,15H,1-4H3. The van der Waals surface area contributed by atoms with Gasteiger partial charge in [0.05, 0.1) is 18.6 Å². The molecule has 0 aliphatic carbocycles.